The standard InChI is InChI=1S/C23H23N3O6/c1-15-21(23(28)32-20-13-9-17(10-14-20)26(29)30)22(27)25(24-15)16-7-11-19(12-8-16)31-18-5-3-2-4-6-18/h7-14,18,21H,2-6H2,1H3. The van der Waals surface area contributed by atoms with Gasteiger partial charge >= 0.3 is 5.97 Å². The van der Waals surface area contributed by atoms with Gasteiger partial charge in [-0.3, -0.25) is 19.7 Å². The number of non-ortho nitro benzene ring substituents is 1. The summed E-state index contributed by atoms with van der Waals surface area (Å²) in [5.41, 5.74) is 0.710. The summed E-state index contributed by atoms with van der Waals surface area (Å²) in [6.07, 6.45) is 5.93. The van der Waals surface area contributed by atoms with Crippen molar-refractivity contribution in [2.75, 3.05) is 5.01 Å². The molecule has 2 aromatic carbocycles. The molecule has 32 heavy (non-hydrogen) atoms. The lowest BCUT2D eigenvalue weighted by atomic mass is 9.98. The fraction of sp³-hybridized carbons (Fsp3) is 0.348. The highest BCUT2D eigenvalue weighted by molar-refractivity contribution is 6.25. The number of benzene rings is 2. The smallest absolute Gasteiger partial charge is 0.329 e. The average molecular weight is 437 g/mol. The Hall–Kier alpha value is -3.75. The van der Waals surface area contributed by atoms with E-state index in [2.05, 4.69) is 5.10 Å². The maximum absolute atomic E-state index is 12.9. The van der Waals surface area contributed by atoms with Gasteiger partial charge in [0, 0.05) is 12.1 Å². The molecule has 9 heteroatoms. The number of anilines is 1. The first-order valence-corrected chi connectivity index (χ1v) is 10.5. The molecule has 2 aliphatic rings. The van der Waals surface area contributed by atoms with Crippen molar-refractivity contribution in [2.45, 2.75) is 45.1 Å². The van der Waals surface area contributed by atoms with Crippen molar-refractivity contribution in [1.82, 2.24) is 0 Å². The Morgan fingerprint density at radius 3 is 2.28 bits per heavy atom. The number of nitrogens with zero attached hydrogens (tertiary/aromatic N) is 3. The van der Waals surface area contributed by atoms with Crippen LogP contribution in [0, 0.1) is 16.0 Å². The van der Waals surface area contributed by atoms with Gasteiger partial charge in [0.25, 0.3) is 11.6 Å². The number of amides is 1. The van der Waals surface area contributed by atoms with Gasteiger partial charge in [-0.05, 0) is 69.0 Å². The van der Waals surface area contributed by atoms with Crippen LogP contribution in [0.15, 0.2) is 53.6 Å². The molecule has 1 aliphatic heterocycles. The Morgan fingerprint density at radius 1 is 1.03 bits per heavy atom. The zero-order valence-corrected chi connectivity index (χ0v) is 17.6. The molecule has 1 amide bonds. The van der Waals surface area contributed by atoms with Crippen LogP contribution in [0.2, 0.25) is 0 Å². The van der Waals surface area contributed by atoms with Crippen LogP contribution < -0.4 is 14.5 Å². The van der Waals surface area contributed by atoms with Crippen LogP contribution >= 0.6 is 0 Å². The number of hydrazone groups is 1. The Bertz CT molecular complexity index is 1040. The number of carbonyl (C=O) groups excluding carboxylic acids is 2. The van der Waals surface area contributed by atoms with Gasteiger partial charge in [-0.15, -0.1) is 0 Å². The van der Waals surface area contributed by atoms with E-state index in [1.54, 1.807) is 31.2 Å². The molecule has 0 radical (unpaired) electrons. The molecule has 0 bridgehead atoms. The molecular formula is C23H23N3O6. The summed E-state index contributed by atoms with van der Waals surface area (Å²) in [6, 6.07) is 12.1. The number of ether oxygens (including phenoxy) is 2. The molecule has 0 spiro atoms. The lowest BCUT2D eigenvalue weighted by Gasteiger charge is -2.23. The summed E-state index contributed by atoms with van der Waals surface area (Å²) in [5, 5.41) is 16.2. The monoisotopic (exact) mass is 437 g/mol. The summed E-state index contributed by atoms with van der Waals surface area (Å²) in [7, 11) is 0. The van der Waals surface area contributed by atoms with E-state index in [9.17, 15) is 19.7 Å². The highest BCUT2D eigenvalue weighted by Gasteiger charge is 2.41. The molecule has 4 rings (SSSR count). The van der Waals surface area contributed by atoms with Gasteiger partial charge in [0.05, 0.1) is 22.4 Å². The molecule has 2 aromatic rings. The molecule has 166 valence electrons. The van der Waals surface area contributed by atoms with Gasteiger partial charge in [0.15, 0.2) is 5.92 Å². The molecule has 1 unspecified atom stereocenters. The fourth-order valence-electron chi connectivity index (χ4n) is 3.87. The predicted octanol–water partition coefficient (Wildman–Crippen LogP) is 4.25. The largest absolute Gasteiger partial charge is 0.490 e. The SMILES string of the molecule is CC1=NN(c2ccc(OC3CCCCC3)cc2)C(=O)C1C(=O)Oc1ccc([N+](=O)[O-])cc1. The Balaban J connectivity index is 1.41. The second-order valence-corrected chi connectivity index (χ2v) is 7.87. The van der Waals surface area contributed by atoms with Crippen LogP contribution in [0.4, 0.5) is 11.4 Å². The third kappa shape index (κ3) is 4.61. The minimum atomic E-state index is -1.18. The molecule has 1 saturated carbocycles. The van der Waals surface area contributed by atoms with Gasteiger partial charge < -0.3 is 9.47 Å². The van der Waals surface area contributed by atoms with Crippen molar-refractivity contribution < 1.29 is 24.0 Å². The van der Waals surface area contributed by atoms with Crippen LogP contribution in [0.25, 0.3) is 0 Å². The molecule has 9 nitrogen and oxygen atoms in total. The zero-order chi connectivity index (χ0) is 22.7. The summed E-state index contributed by atoms with van der Waals surface area (Å²) in [4.78, 5) is 35.7. The summed E-state index contributed by atoms with van der Waals surface area (Å²) in [5.74, 6) is -1.63. The topological polar surface area (TPSA) is 111 Å². The minimum Gasteiger partial charge on any atom is -0.490 e. The first-order valence-electron chi connectivity index (χ1n) is 10.5. The third-order valence-corrected chi connectivity index (χ3v) is 5.57. The van der Waals surface area contributed by atoms with Crippen molar-refractivity contribution >= 4 is 29.0 Å². The van der Waals surface area contributed by atoms with E-state index < -0.39 is 22.7 Å². The number of hydrogen-bond donors (Lipinski definition) is 0. The fourth-order valence-corrected chi connectivity index (χ4v) is 3.87. The van der Waals surface area contributed by atoms with Crippen molar-refractivity contribution in [3.05, 3.63) is 58.6 Å². The molecule has 1 heterocycles. The first-order chi connectivity index (χ1) is 15.4. The van der Waals surface area contributed by atoms with E-state index in [0.29, 0.717) is 11.4 Å². The van der Waals surface area contributed by atoms with Gasteiger partial charge in [0.1, 0.15) is 11.5 Å². The highest BCUT2D eigenvalue weighted by atomic mass is 16.6. The molecule has 1 aliphatic carbocycles. The minimum absolute atomic E-state index is 0.115. The maximum atomic E-state index is 12.9. The van der Waals surface area contributed by atoms with Gasteiger partial charge in [-0.2, -0.15) is 10.1 Å². The number of rotatable bonds is 6. The summed E-state index contributed by atoms with van der Waals surface area (Å²) >= 11 is 0. The van der Waals surface area contributed by atoms with E-state index in [1.165, 1.54) is 48.5 Å². The molecular weight excluding hydrogens is 414 g/mol. The summed E-state index contributed by atoms with van der Waals surface area (Å²) < 4.78 is 11.3. The molecule has 1 atom stereocenters. The lowest BCUT2D eigenvalue weighted by molar-refractivity contribution is -0.384. The molecule has 0 aromatic heterocycles. The lowest BCUT2D eigenvalue weighted by Crippen LogP contribution is -2.35. The second kappa shape index (κ2) is 9.17. The number of nitro benzene ring substituents is 1. The first kappa shape index (κ1) is 21.5. The average Bonchev–Trinajstić information content (AvgIpc) is 3.09. The number of hydrogen-bond acceptors (Lipinski definition) is 7. The van der Waals surface area contributed by atoms with E-state index in [1.807, 2.05) is 0 Å². The van der Waals surface area contributed by atoms with Crippen LogP contribution in [0.5, 0.6) is 11.5 Å². The quantitative estimate of drug-likeness (QED) is 0.220. The van der Waals surface area contributed by atoms with E-state index in [4.69, 9.17) is 9.47 Å². The van der Waals surface area contributed by atoms with E-state index in [0.717, 1.165) is 18.6 Å². The Morgan fingerprint density at radius 2 is 1.66 bits per heavy atom. The maximum Gasteiger partial charge on any atom is 0.329 e. The van der Waals surface area contributed by atoms with Gasteiger partial charge in [-0.1, -0.05) is 6.42 Å². The summed E-state index contributed by atoms with van der Waals surface area (Å²) in [6.45, 7) is 1.58. The van der Waals surface area contributed by atoms with Crippen molar-refractivity contribution in [3.63, 3.8) is 0 Å². The third-order valence-electron chi connectivity index (χ3n) is 5.57. The van der Waals surface area contributed by atoms with Crippen molar-refractivity contribution in [2.24, 2.45) is 11.0 Å². The second-order valence-electron chi connectivity index (χ2n) is 7.87. The van der Waals surface area contributed by atoms with Gasteiger partial charge in [0.2, 0.25) is 0 Å². The van der Waals surface area contributed by atoms with Crippen molar-refractivity contribution in [1.29, 1.82) is 0 Å². The zero-order valence-electron chi connectivity index (χ0n) is 17.6. The number of carbonyl (C=O) groups is 2. The molecule has 0 saturated heterocycles. The van der Waals surface area contributed by atoms with Crippen LogP contribution in [0.1, 0.15) is 39.0 Å². The molecule has 1 fully saturated rings. The van der Waals surface area contributed by atoms with E-state index >= 15 is 0 Å². The number of nitro groups is 1. The van der Waals surface area contributed by atoms with E-state index in [-0.39, 0.29) is 17.5 Å². The normalized spacial score (nSPS) is 18.9. The van der Waals surface area contributed by atoms with Gasteiger partial charge in [-0.25, -0.2) is 0 Å². The van der Waals surface area contributed by atoms with Crippen LogP contribution in [0.3, 0.4) is 0 Å². The Kier molecular flexibility index (Phi) is 6.16. The Labute approximate surface area is 184 Å². The highest BCUT2D eigenvalue weighted by Crippen LogP contribution is 2.29. The van der Waals surface area contributed by atoms with Crippen molar-refractivity contribution in [3.8, 4) is 11.5 Å². The molecule has 0 N–H and O–H groups in total. The van der Waals surface area contributed by atoms with Crippen LogP contribution in [-0.2, 0) is 9.59 Å². The van der Waals surface area contributed by atoms with Crippen LogP contribution in [-0.4, -0.2) is 28.6 Å². The predicted molar refractivity (Wildman–Crippen MR) is 117 cm³/mol. The number of esters is 1.